The van der Waals surface area contributed by atoms with Crippen LogP contribution in [-0.4, -0.2) is 41.9 Å². The molecule has 2 heterocycles. The van der Waals surface area contributed by atoms with Crippen LogP contribution in [0.2, 0.25) is 0 Å². The molecule has 0 saturated carbocycles. The van der Waals surface area contributed by atoms with Gasteiger partial charge >= 0.3 is 12.0 Å². The number of nitrogens with one attached hydrogen (secondary N) is 3. The molecule has 1 atom stereocenters. The fourth-order valence-corrected chi connectivity index (χ4v) is 4.15. The molecule has 0 unspecified atom stereocenters. The standard InChI is InChI=1S/C21H20N4O4S/c1-28-13-7-5-6-12(10-13)18-17(19(26)29-2)16(22-20(27)25-18)11-30-21-23-14-8-3-4-9-15(14)24-21/h3-10,18H,11H2,1-2H3,(H,23,24)(H2,22,25,27)/t18-/m1/s1. The van der Waals surface area contributed by atoms with Gasteiger partial charge in [-0.1, -0.05) is 36.0 Å². The number of nitrogens with zero attached hydrogens (tertiary/aromatic N) is 1. The number of carbonyl (C=O) groups is 2. The molecule has 8 nitrogen and oxygen atoms in total. The summed E-state index contributed by atoms with van der Waals surface area (Å²) < 4.78 is 10.3. The van der Waals surface area contributed by atoms with Gasteiger partial charge in [0.15, 0.2) is 5.16 Å². The number of esters is 1. The highest BCUT2D eigenvalue weighted by Gasteiger charge is 2.33. The summed E-state index contributed by atoms with van der Waals surface area (Å²) in [6, 6.07) is 13.9. The monoisotopic (exact) mass is 424 g/mol. The van der Waals surface area contributed by atoms with Gasteiger partial charge in [-0.05, 0) is 29.8 Å². The summed E-state index contributed by atoms with van der Waals surface area (Å²) in [5.74, 6) is 0.441. The molecule has 30 heavy (non-hydrogen) atoms. The van der Waals surface area contributed by atoms with E-state index in [0.29, 0.717) is 27.9 Å². The largest absolute Gasteiger partial charge is 0.497 e. The maximum atomic E-state index is 12.6. The van der Waals surface area contributed by atoms with E-state index in [4.69, 9.17) is 9.47 Å². The number of aromatic nitrogens is 2. The molecule has 2 amide bonds. The lowest BCUT2D eigenvalue weighted by Gasteiger charge is -2.29. The molecule has 0 aliphatic carbocycles. The van der Waals surface area contributed by atoms with Gasteiger partial charge in [0.05, 0.1) is 36.9 Å². The summed E-state index contributed by atoms with van der Waals surface area (Å²) in [4.78, 5) is 32.7. The van der Waals surface area contributed by atoms with E-state index in [2.05, 4.69) is 20.6 Å². The zero-order valence-electron chi connectivity index (χ0n) is 16.4. The van der Waals surface area contributed by atoms with Gasteiger partial charge in [-0.25, -0.2) is 14.6 Å². The predicted molar refractivity (Wildman–Crippen MR) is 113 cm³/mol. The number of carbonyl (C=O) groups excluding carboxylic acids is 2. The minimum Gasteiger partial charge on any atom is -0.497 e. The van der Waals surface area contributed by atoms with E-state index in [-0.39, 0.29) is 0 Å². The van der Waals surface area contributed by atoms with Crippen LogP contribution in [0.4, 0.5) is 4.79 Å². The predicted octanol–water partition coefficient (Wildman–Crippen LogP) is 3.14. The first-order valence-electron chi connectivity index (χ1n) is 9.19. The van der Waals surface area contributed by atoms with Crippen molar-refractivity contribution in [3.63, 3.8) is 0 Å². The molecule has 1 aliphatic rings. The first-order chi connectivity index (χ1) is 14.6. The van der Waals surface area contributed by atoms with E-state index in [1.165, 1.54) is 18.9 Å². The number of benzene rings is 2. The highest BCUT2D eigenvalue weighted by Crippen LogP contribution is 2.31. The summed E-state index contributed by atoms with van der Waals surface area (Å²) >= 11 is 1.39. The molecule has 0 radical (unpaired) electrons. The molecule has 4 rings (SSSR count). The van der Waals surface area contributed by atoms with Gasteiger partial charge in [0.1, 0.15) is 5.75 Å². The number of methoxy groups -OCH3 is 2. The SMILES string of the molecule is COC(=O)C1=C(CSc2nc3ccccc3[nH]2)NC(=O)N[C@@H]1c1cccc(OC)c1. The Morgan fingerprint density at radius 1 is 1.17 bits per heavy atom. The molecule has 154 valence electrons. The van der Waals surface area contributed by atoms with Crippen LogP contribution in [0.15, 0.2) is 65.0 Å². The van der Waals surface area contributed by atoms with Gasteiger partial charge in [-0.3, -0.25) is 0 Å². The molecule has 1 aromatic heterocycles. The Morgan fingerprint density at radius 3 is 2.77 bits per heavy atom. The second kappa shape index (κ2) is 8.50. The van der Waals surface area contributed by atoms with Gasteiger partial charge < -0.3 is 25.1 Å². The van der Waals surface area contributed by atoms with Gasteiger partial charge in [0.25, 0.3) is 0 Å². The summed E-state index contributed by atoms with van der Waals surface area (Å²) in [5, 5.41) is 6.24. The smallest absolute Gasteiger partial charge is 0.338 e. The second-order valence-electron chi connectivity index (χ2n) is 6.54. The number of rotatable bonds is 6. The van der Waals surface area contributed by atoms with Crippen molar-refractivity contribution in [3.8, 4) is 5.75 Å². The van der Waals surface area contributed by atoms with Crippen LogP contribution in [0.5, 0.6) is 5.75 Å². The van der Waals surface area contributed by atoms with Crippen molar-refractivity contribution in [2.24, 2.45) is 0 Å². The number of imidazole rings is 1. The minimum atomic E-state index is -0.660. The number of ether oxygens (including phenoxy) is 2. The summed E-state index contributed by atoms with van der Waals surface area (Å²) in [5.41, 5.74) is 3.31. The molecule has 3 N–H and O–H groups in total. The van der Waals surface area contributed by atoms with Crippen LogP contribution in [-0.2, 0) is 9.53 Å². The fourth-order valence-electron chi connectivity index (χ4n) is 3.29. The third-order valence-corrected chi connectivity index (χ3v) is 5.61. The number of fused-ring (bicyclic) bond motifs is 1. The molecule has 0 bridgehead atoms. The van der Waals surface area contributed by atoms with Crippen LogP contribution in [0, 0.1) is 0 Å². The Kier molecular flexibility index (Phi) is 5.62. The highest BCUT2D eigenvalue weighted by molar-refractivity contribution is 7.99. The van der Waals surface area contributed by atoms with E-state index in [9.17, 15) is 9.59 Å². The maximum absolute atomic E-state index is 12.6. The van der Waals surface area contributed by atoms with Gasteiger partial charge in [-0.15, -0.1) is 0 Å². The second-order valence-corrected chi connectivity index (χ2v) is 7.50. The highest BCUT2D eigenvalue weighted by atomic mass is 32.2. The van der Waals surface area contributed by atoms with Gasteiger partial charge in [-0.2, -0.15) is 0 Å². The quantitative estimate of drug-likeness (QED) is 0.415. The summed E-state index contributed by atoms with van der Waals surface area (Å²) in [6.07, 6.45) is 0. The average molecular weight is 424 g/mol. The topological polar surface area (TPSA) is 105 Å². The average Bonchev–Trinajstić information content (AvgIpc) is 3.20. The van der Waals surface area contributed by atoms with E-state index in [0.717, 1.165) is 16.6 Å². The maximum Gasteiger partial charge on any atom is 0.338 e. The fraction of sp³-hybridized carbons (Fsp3) is 0.190. The van der Waals surface area contributed by atoms with Crippen molar-refractivity contribution >= 4 is 34.8 Å². The number of aromatic amines is 1. The van der Waals surface area contributed by atoms with Crippen molar-refractivity contribution < 1.29 is 19.1 Å². The first kappa shape index (κ1) is 19.8. The zero-order chi connectivity index (χ0) is 21.1. The number of hydrogen-bond acceptors (Lipinski definition) is 6. The van der Waals surface area contributed by atoms with Gasteiger partial charge in [0.2, 0.25) is 0 Å². The van der Waals surface area contributed by atoms with Crippen LogP contribution in [0.25, 0.3) is 11.0 Å². The molecule has 2 aromatic carbocycles. The third kappa shape index (κ3) is 3.97. The summed E-state index contributed by atoms with van der Waals surface area (Å²) in [6.45, 7) is 0. The lowest BCUT2D eigenvalue weighted by atomic mass is 9.95. The number of thioether (sulfide) groups is 1. The van der Waals surface area contributed by atoms with Crippen molar-refractivity contribution in [1.29, 1.82) is 0 Å². The third-order valence-electron chi connectivity index (χ3n) is 4.71. The first-order valence-corrected chi connectivity index (χ1v) is 10.2. The lowest BCUT2D eigenvalue weighted by Crippen LogP contribution is -2.46. The Bertz CT molecular complexity index is 1110. The summed E-state index contributed by atoms with van der Waals surface area (Å²) in [7, 11) is 2.88. The lowest BCUT2D eigenvalue weighted by molar-refractivity contribution is -0.136. The van der Waals surface area contributed by atoms with Gasteiger partial charge in [0, 0.05) is 11.4 Å². The number of para-hydroxylation sites is 2. The van der Waals surface area contributed by atoms with Crippen LogP contribution >= 0.6 is 11.8 Å². The number of urea groups is 1. The molecular weight excluding hydrogens is 404 g/mol. The minimum absolute atomic E-state index is 0.331. The molecule has 1 aliphatic heterocycles. The zero-order valence-corrected chi connectivity index (χ0v) is 17.2. The van der Waals surface area contributed by atoms with Crippen molar-refractivity contribution in [2.45, 2.75) is 11.2 Å². The van der Waals surface area contributed by atoms with Crippen molar-refractivity contribution in [3.05, 3.63) is 65.4 Å². The van der Waals surface area contributed by atoms with E-state index < -0.39 is 18.0 Å². The normalized spacial score (nSPS) is 16.2. The number of H-pyrrole nitrogens is 1. The number of hydrogen-bond donors (Lipinski definition) is 3. The van der Waals surface area contributed by atoms with E-state index in [1.54, 1.807) is 25.3 Å². The van der Waals surface area contributed by atoms with Crippen molar-refractivity contribution in [1.82, 2.24) is 20.6 Å². The molecule has 0 saturated heterocycles. The Morgan fingerprint density at radius 2 is 2.00 bits per heavy atom. The van der Waals surface area contributed by atoms with Crippen molar-refractivity contribution in [2.75, 3.05) is 20.0 Å². The van der Waals surface area contributed by atoms with Crippen LogP contribution in [0.1, 0.15) is 11.6 Å². The Balaban J connectivity index is 1.68. The molecule has 0 spiro atoms. The molecule has 0 fully saturated rings. The van der Waals surface area contributed by atoms with Crippen LogP contribution in [0.3, 0.4) is 0 Å². The number of amides is 2. The van der Waals surface area contributed by atoms with Crippen LogP contribution < -0.4 is 15.4 Å². The van der Waals surface area contributed by atoms with E-state index in [1.807, 2.05) is 30.3 Å². The Labute approximate surface area is 177 Å². The molecular formula is C21H20N4O4S. The van der Waals surface area contributed by atoms with E-state index >= 15 is 0 Å². The molecule has 3 aromatic rings. The Hall–Kier alpha value is -3.46. The molecule has 9 heteroatoms.